The summed E-state index contributed by atoms with van der Waals surface area (Å²) >= 11 is 6.46. The fraction of sp³-hybridized carbons (Fsp3) is 0.364. The number of benzene rings is 2. The van der Waals surface area contributed by atoms with Crippen molar-refractivity contribution in [1.82, 2.24) is 9.91 Å². The molecular weight excluding hydrogens is 358 g/mol. The van der Waals surface area contributed by atoms with Gasteiger partial charge in [0, 0.05) is 11.4 Å². The molecule has 0 radical (unpaired) electrons. The summed E-state index contributed by atoms with van der Waals surface area (Å²) in [4.78, 5) is 15.4. The Bertz CT molecular complexity index is 830. The van der Waals surface area contributed by atoms with Gasteiger partial charge >= 0.3 is 0 Å². The molecule has 2 aromatic carbocycles. The van der Waals surface area contributed by atoms with E-state index < -0.39 is 0 Å². The van der Waals surface area contributed by atoms with Gasteiger partial charge in [-0.2, -0.15) is 5.10 Å². The van der Waals surface area contributed by atoms with E-state index in [1.807, 2.05) is 54.6 Å². The smallest absolute Gasteiger partial charge is 0.257 e. The van der Waals surface area contributed by atoms with Gasteiger partial charge in [-0.05, 0) is 43.1 Å². The average molecular weight is 382 g/mol. The fourth-order valence-electron chi connectivity index (χ4n) is 3.91. The van der Waals surface area contributed by atoms with E-state index in [-0.39, 0.29) is 11.9 Å². The van der Waals surface area contributed by atoms with Crippen LogP contribution in [-0.4, -0.2) is 41.2 Å². The van der Waals surface area contributed by atoms with Gasteiger partial charge in [0.1, 0.15) is 0 Å². The molecule has 1 amide bonds. The largest absolute Gasteiger partial charge is 0.294 e. The second-order valence-corrected chi connectivity index (χ2v) is 7.64. The molecule has 0 N–H and O–H groups in total. The molecular formula is C22H24ClN3O. The van der Waals surface area contributed by atoms with Gasteiger partial charge in [0.05, 0.1) is 18.3 Å². The third-order valence-electron chi connectivity index (χ3n) is 5.34. The molecule has 2 aliphatic rings. The monoisotopic (exact) mass is 381 g/mol. The minimum atomic E-state index is -0.147. The van der Waals surface area contributed by atoms with Crippen LogP contribution < -0.4 is 0 Å². The quantitative estimate of drug-likeness (QED) is 0.781. The van der Waals surface area contributed by atoms with Crippen molar-refractivity contribution < 1.29 is 4.79 Å². The first-order valence-electron chi connectivity index (χ1n) is 9.64. The molecule has 2 heterocycles. The fourth-order valence-corrected chi connectivity index (χ4v) is 4.18. The lowest BCUT2D eigenvalue weighted by Gasteiger charge is -2.29. The molecule has 1 atom stereocenters. The van der Waals surface area contributed by atoms with Crippen LogP contribution in [0.1, 0.15) is 42.9 Å². The minimum Gasteiger partial charge on any atom is -0.294 e. The van der Waals surface area contributed by atoms with Gasteiger partial charge in [0.15, 0.2) is 0 Å². The normalized spacial score (nSPS) is 20.6. The van der Waals surface area contributed by atoms with Crippen LogP contribution in [0.5, 0.6) is 0 Å². The summed E-state index contributed by atoms with van der Waals surface area (Å²) in [7, 11) is 0. The maximum Gasteiger partial charge on any atom is 0.257 e. The molecule has 0 bridgehead atoms. The average Bonchev–Trinajstić information content (AvgIpc) is 3.15. The number of amides is 1. The van der Waals surface area contributed by atoms with E-state index in [0.29, 0.717) is 18.0 Å². The summed E-state index contributed by atoms with van der Waals surface area (Å²) in [5, 5.41) is 7.09. The van der Waals surface area contributed by atoms with Crippen LogP contribution in [0, 0.1) is 0 Å². The zero-order valence-electron chi connectivity index (χ0n) is 15.4. The third-order valence-corrected chi connectivity index (χ3v) is 5.69. The topological polar surface area (TPSA) is 35.9 Å². The lowest BCUT2D eigenvalue weighted by atomic mass is 9.98. The van der Waals surface area contributed by atoms with E-state index in [1.54, 1.807) is 5.01 Å². The van der Waals surface area contributed by atoms with Crippen LogP contribution in [0.15, 0.2) is 59.7 Å². The van der Waals surface area contributed by atoms with Crippen LogP contribution >= 0.6 is 11.6 Å². The van der Waals surface area contributed by atoms with Crippen molar-refractivity contribution in [3.05, 3.63) is 70.7 Å². The zero-order valence-corrected chi connectivity index (χ0v) is 16.1. The highest BCUT2D eigenvalue weighted by Crippen LogP contribution is 2.36. The predicted molar refractivity (Wildman–Crippen MR) is 109 cm³/mol. The van der Waals surface area contributed by atoms with E-state index in [9.17, 15) is 4.79 Å². The lowest BCUT2D eigenvalue weighted by Crippen LogP contribution is -2.40. The first-order chi connectivity index (χ1) is 13.2. The summed E-state index contributed by atoms with van der Waals surface area (Å²) < 4.78 is 0. The second-order valence-electron chi connectivity index (χ2n) is 7.23. The summed E-state index contributed by atoms with van der Waals surface area (Å²) in [5.74, 6) is 0.0488. The lowest BCUT2D eigenvalue weighted by molar-refractivity contribution is -0.134. The molecule has 0 unspecified atom stereocenters. The van der Waals surface area contributed by atoms with E-state index in [1.165, 1.54) is 19.3 Å². The highest BCUT2D eigenvalue weighted by molar-refractivity contribution is 6.31. The number of rotatable bonds is 4. The van der Waals surface area contributed by atoms with Crippen LogP contribution in [0.25, 0.3) is 0 Å². The van der Waals surface area contributed by atoms with Gasteiger partial charge in [-0.1, -0.05) is 66.6 Å². The van der Waals surface area contributed by atoms with Gasteiger partial charge in [-0.15, -0.1) is 0 Å². The van der Waals surface area contributed by atoms with E-state index in [0.717, 1.165) is 29.9 Å². The Morgan fingerprint density at radius 2 is 1.70 bits per heavy atom. The minimum absolute atomic E-state index is 0.0488. The maximum absolute atomic E-state index is 13.1. The van der Waals surface area contributed by atoms with Crippen molar-refractivity contribution in [2.24, 2.45) is 5.10 Å². The number of piperidine rings is 1. The Kier molecular flexibility index (Phi) is 5.55. The molecule has 4 rings (SSSR count). The summed E-state index contributed by atoms with van der Waals surface area (Å²) in [5.41, 5.74) is 2.95. The first kappa shape index (κ1) is 18.2. The number of nitrogens with zero attached hydrogens (tertiary/aromatic N) is 3. The van der Waals surface area contributed by atoms with Crippen molar-refractivity contribution in [3.63, 3.8) is 0 Å². The summed E-state index contributed by atoms with van der Waals surface area (Å²) in [6.45, 7) is 2.41. The van der Waals surface area contributed by atoms with Crippen LogP contribution in [0.3, 0.4) is 0 Å². The van der Waals surface area contributed by atoms with Crippen molar-refractivity contribution in [2.45, 2.75) is 31.7 Å². The number of hydrazone groups is 1. The van der Waals surface area contributed by atoms with Gasteiger partial charge < -0.3 is 0 Å². The Balaban J connectivity index is 1.61. The molecule has 27 heavy (non-hydrogen) atoms. The van der Waals surface area contributed by atoms with E-state index >= 15 is 0 Å². The standard InChI is InChI=1S/C22H24ClN3O/c23-19-12-6-5-11-18(19)21-15-20(17-9-3-1-4-10-17)24-26(21)22(27)16-25-13-7-2-8-14-25/h1,3-6,9-12,21H,2,7-8,13-16H2/t21-/m1/s1. The Labute approximate surface area is 165 Å². The molecule has 0 aliphatic carbocycles. The Morgan fingerprint density at radius 1 is 1.00 bits per heavy atom. The van der Waals surface area contributed by atoms with Crippen molar-refractivity contribution in [2.75, 3.05) is 19.6 Å². The number of carbonyl (C=O) groups is 1. The molecule has 0 spiro atoms. The van der Waals surface area contributed by atoms with Crippen LogP contribution in [0.2, 0.25) is 5.02 Å². The van der Waals surface area contributed by atoms with Crippen molar-refractivity contribution >= 4 is 23.2 Å². The Hall–Kier alpha value is -2.17. The number of carbonyl (C=O) groups excluding carboxylic acids is 1. The second kappa shape index (κ2) is 8.24. The van der Waals surface area contributed by atoms with Gasteiger partial charge in [0.2, 0.25) is 0 Å². The summed E-state index contributed by atoms with van der Waals surface area (Å²) in [6.07, 6.45) is 4.27. The zero-order chi connectivity index (χ0) is 18.6. The van der Waals surface area contributed by atoms with Gasteiger partial charge in [-0.3, -0.25) is 9.69 Å². The van der Waals surface area contributed by atoms with Crippen molar-refractivity contribution in [1.29, 1.82) is 0 Å². The van der Waals surface area contributed by atoms with Gasteiger partial charge in [-0.25, -0.2) is 5.01 Å². The molecule has 0 aromatic heterocycles. The summed E-state index contributed by atoms with van der Waals surface area (Å²) in [6, 6.07) is 17.7. The van der Waals surface area contributed by atoms with E-state index in [2.05, 4.69) is 4.90 Å². The highest BCUT2D eigenvalue weighted by Gasteiger charge is 2.34. The molecule has 2 aliphatic heterocycles. The number of halogens is 1. The number of likely N-dealkylation sites (tertiary alicyclic amines) is 1. The van der Waals surface area contributed by atoms with Crippen LogP contribution in [0.4, 0.5) is 0 Å². The highest BCUT2D eigenvalue weighted by atomic mass is 35.5. The molecule has 1 fully saturated rings. The van der Waals surface area contributed by atoms with Gasteiger partial charge in [0.25, 0.3) is 5.91 Å². The molecule has 5 heteroatoms. The van der Waals surface area contributed by atoms with Crippen molar-refractivity contribution in [3.8, 4) is 0 Å². The molecule has 4 nitrogen and oxygen atoms in total. The van der Waals surface area contributed by atoms with Crippen LogP contribution in [-0.2, 0) is 4.79 Å². The molecule has 0 saturated carbocycles. The number of hydrogen-bond donors (Lipinski definition) is 0. The SMILES string of the molecule is O=C(CN1CCCCC1)N1N=C(c2ccccc2)C[C@@H]1c1ccccc1Cl. The molecule has 1 saturated heterocycles. The van der Waals surface area contributed by atoms with E-state index in [4.69, 9.17) is 16.7 Å². The first-order valence-corrected chi connectivity index (χ1v) is 10.0. The maximum atomic E-state index is 13.1. The molecule has 2 aromatic rings. The Morgan fingerprint density at radius 3 is 2.44 bits per heavy atom. The number of hydrogen-bond acceptors (Lipinski definition) is 3. The third kappa shape index (κ3) is 4.07. The molecule has 140 valence electrons. The predicted octanol–water partition coefficient (Wildman–Crippen LogP) is 4.50.